The van der Waals surface area contributed by atoms with E-state index in [4.69, 9.17) is 0 Å². The summed E-state index contributed by atoms with van der Waals surface area (Å²) >= 11 is 0. The van der Waals surface area contributed by atoms with Gasteiger partial charge in [-0.05, 0) is 37.0 Å². The van der Waals surface area contributed by atoms with Crippen molar-refractivity contribution in [1.29, 1.82) is 0 Å². The van der Waals surface area contributed by atoms with Crippen LogP contribution in [0.2, 0.25) is 0 Å². The van der Waals surface area contributed by atoms with Gasteiger partial charge in [0.25, 0.3) is 0 Å². The summed E-state index contributed by atoms with van der Waals surface area (Å²) in [6.07, 6.45) is 3.73. The number of hydrogen-bond donors (Lipinski definition) is 2. The Balaban J connectivity index is 4.99. The summed E-state index contributed by atoms with van der Waals surface area (Å²) in [6.45, 7) is 9.63. The predicted molar refractivity (Wildman–Crippen MR) is 62.2 cm³/mol. The minimum atomic E-state index is 0.314. The average Bonchev–Trinajstić information content (AvgIpc) is 2.19. The fourth-order valence-corrected chi connectivity index (χ4v) is 1.17. The summed E-state index contributed by atoms with van der Waals surface area (Å²) in [5, 5.41) is 12.8. The highest BCUT2D eigenvalue weighted by atomic mass is 16.3. The van der Waals surface area contributed by atoms with Crippen molar-refractivity contribution in [3.05, 3.63) is 35.3 Å². The molecule has 0 heterocycles. The van der Waals surface area contributed by atoms with E-state index in [1.54, 1.807) is 0 Å². The summed E-state index contributed by atoms with van der Waals surface area (Å²) in [5.41, 5.74) is 2.77. The fourth-order valence-electron chi connectivity index (χ4n) is 1.17. The third kappa shape index (κ3) is 3.69. The van der Waals surface area contributed by atoms with Crippen molar-refractivity contribution in [2.24, 2.45) is 0 Å². The number of hydrogen-bond acceptors (Lipinski definition) is 2. The predicted octanol–water partition coefficient (Wildman–Crippen LogP) is 3.30. The van der Waals surface area contributed by atoms with E-state index in [1.807, 2.05) is 27.0 Å². The van der Waals surface area contributed by atoms with Gasteiger partial charge in [0.05, 0.1) is 0 Å². The summed E-state index contributed by atoms with van der Waals surface area (Å²) in [4.78, 5) is 0. The molecule has 2 heteroatoms. The third-order valence-electron chi connectivity index (χ3n) is 2.14. The van der Waals surface area contributed by atoms with E-state index in [0.717, 1.165) is 24.1 Å². The first-order chi connectivity index (χ1) is 6.56. The molecule has 2 nitrogen and oxygen atoms in total. The molecule has 0 saturated carbocycles. The molecule has 0 aromatic rings. The van der Waals surface area contributed by atoms with Crippen LogP contribution in [0.25, 0.3) is 0 Å². The van der Waals surface area contributed by atoms with Crippen LogP contribution < -0.4 is 5.32 Å². The van der Waals surface area contributed by atoms with E-state index in [9.17, 15) is 5.11 Å². The van der Waals surface area contributed by atoms with Gasteiger partial charge in [-0.25, -0.2) is 0 Å². The molecule has 80 valence electrons. The number of nitrogens with one attached hydrogen (secondary N) is 1. The molecule has 0 aliphatic carbocycles. The van der Waals surface area contributed by atoms with Crippen LogP contribution in [0.4, 0.5) is 0 Å². The van der Waals surface area contributed by atoms with E-state index in [1.165, 1.54) is 0 Å². The molecule has 0 unspecified atom stereocenters. The highest BCUT2D eigenvalue weighted by Crippen LogP contribution is 2.16. The number of allylic oxidation sites excluding steroid dienone is 4. The maximum absolute atomic E-state index is 9.73. The van der Waals surface area contributed by atoms with E-state index >= 15 is 0 Å². The highest BCUT2D eigenvalue weighted by molar-refractivity contribution is 5.33. The largest absolute Gasteiger partial charge is 0.507 e. The van der Waals surface area contributed by atoms with Gasteiger partial charge in [0.1, 0.15) is 5.76 Å². The first-order valence-corrected chi connectivity index (χ1v) is 5.03. The topological polar surface area (TPSA) is 32.3 Å². The summed E-state index contributed by atoms with van der Waals surface area (Å²) in [5.74, 6) is 0.314. The van der Waals surface area contributed by atoms with Gasteiger partial charge in [-0.3, -0.25) is 0 Å². The lowest BCUT2D eigenvalue weighted by Gasteiger charge is -2.08. The molecule has 0 radical (unpaired) electrons. The van der Waals surface area contributed by atoms with Crippen molar-refractivity contribution in [3.8, 4) is 0 Å². The second kappa shape index (κ2) is 6.30. The Morgan fingerprint density at radius 1 is 1.36 bits per heavy atom. The van der Waals surface area contributed by atoms with Crippen LogP contribution in [0.1, 0.15) is 33.6 Å². The Labute approximate surface area is 87.0 Å². The van der Waals surface area contributed by atoms with Gasteiger partial charge in [0.15, 0.2) is 0 Å². The monoisotopic (exact) mass is 195 g/mol. The first-order valence-electron chi connectivity index (χ1n) is 5.03. The maximum Gasteiger partial charge on any atom is 0.121 e. The van der Waals surface area contributed by atoms with Crippen molar-refractivity contribution < 1.29 is 5.11 Å². The SMILES string of the molecule is C=C(C)/C(O)=C(/C=C(\CC)NC)CC. The van der Waals surface area contributed by atoms with Crippen molar-refractivity contribution in [1.82, 2.24) is 5.32 Å². The Morgan fingerprint density at radius 2 is 1.93 bits per heavy atom. The van der Waals surface area contributed by atoms with Crippen LogP contribution in [0, 0.1) is 0 Å². The van der Waals surface area contributed by atoms with E-state index in [0.29, 0.717) is 11.3 Å². The Morgan fingerprint density at radius 3 is 2.21 bits per heavy atom. The van der Waals surface area contributed by atoms with Gasteiger partial charge < -0.3 is 10.4 Å². The second-order valence-corrected chi connectivity index (χ2v) is 3.28. The molecule has 0 fully saturated rings. The lowest BCUT2D eigenvalue weighted by Crippen LogP contribution is -2.05. The van der Waals surface area contributed by atoms with E-state index < -0.39 is 0 Å². The Kier molecular flexibility index (Phi) is 5.77. The molecule has 0 aromatic heterocycles. The second-order valence-electron chi connectivity index (χ2n) is 3.28. The normalized spacial score (nSPS) is 13.6. The van der Waals surface area contributed by atoms with Gasteiger partial charge in [-0.2, -0.15) is 0 Å². The lowest BCUT2D eigenvalue weighted by atomic mass is 10.1. The average molecular weight is 195 g/mol. The number of rotatable bonds is 5. The molecule has 0 amide bonds. The molecule has 14 heavy (non-hydrogen) atoms. The van der Waals surface area contributed by atoms with Crippen LogP contribution in [0.15, 0.2) is 35.3 Å². The Hall–Kier alpha value is -1.18. The van der Waals surface area contributed by atoms with Gasteiger partial charge in [-0.15, -0.1) is 0 Å². The van der Waals surface area contributed by atoms with Crippen molar-refractivity contribution in [2.75, 3.05) is 7.05 Å². The molecule has 0 saturated heterocycles. The van der Waals surface area contributed by atoms with Gasteiger partial charge in [0.2, 0.25) is 0 Å². The van der Waals surface area contributed by atoms with Crippen LogP contribution >= 0.6 is 0 Å². The molecule has 0 bridgehead atoms. The standard InChI is InChI=1S/C12H21NO/c1-6-10(12(14)9(3)4)8-11(7-2)13-5/h8,13-14H,3,6-7H2,1-2,4-5H3/b11-8+,12-10-. The molecule has 0 aliphatic rings. The molecule has 0 aromatic carbocycles. The van der Waals surface area contributed by atoms with Crippen LogP contribution in [0.5, 0.6) is 0 Å². The van der Waals surface area contributed by atoms with Crippen LogP contribution in [-0.2, 0) is 0 Å². The van der Waals surface area contributed by atoms with E-state index in [-0.39, 0.29) is 0 Å². The van der Waals surface area contributed by atoms with Crippen molar-refractivity contribution in [3.63, 3.8) is 0 Å². The van der Waals surface area contributed by atoms with Gasteiger partial charge in [-0.1, -0.05) is 20.4 Å². The van der Waals surface area contributed by atoms with Crippen LogP contribution in [-0.4, -0.2) is 12.2 Å². The zero-order valence-electron chi connectivity index (χ0n) is 9.65. The van der Waals surface area contributed by atoms with E-state index in [2.05, 4.69) is 18.8 Å². The first kappa shape index (κ1) is 12.8. The number of aliphatic hydroxyl groups excluding tert-OH is 1. The minimum absolute atomic E-state index is 0.314. The summed E-state index contributed by atoms with van der Waals surface area (Å²) < 4.78 is 0. The molecule has 0 aliphatic heterocycles. The zero-order chi connectivity index (χ0) is 11.1. The van der Waals surface area contributed by atoms with Gasteiger partial charge in [0, 0.05) is 12.7 Å². The lowest BCUT2D eigenvalue weighted by molar-refractivity contribution is 0.417. The molecular formula is C12H21NO. The smallest absolute Gasteiger partial charge is 0.121 e. The number of aliphatic hydroxyl groups is 1. The Bertz CT molecular complexity index is 255. The zero-order valence-corrected chi connectivity index (χ0v) is 9.65. The third-order valence-corrected chi connectivity index (χ3v) is 2.14. The summed E-state index contributed by atoms with van der Waals surface area (Å²) in [7, 11) is 1.89. The maximum atomic E-state index is 9.73. The molecule has 2 N–H and O–H groups in total. The molecule has 0 rings (SSSR count). The minimum Gasteiger partial charge on any atom is -0.507 e. The fraction of sp³-hybridized carbons (Fsp3) is 0.500. The summed E-state index contributed by atoms with van der Waals surface area (Å²) in [6, 6.07) is 0. The molecule has 0 atom stereocenters. The van der Waals surface area contributed by atoms with Gasteiger partial charge >= 0.3 is 0 Å². The molecular weight excluding hydrogens is 174 g/mol. The van der Waals surface area contributed by atoms with Crippen LogP contribution in [0.3, 0.4) is 0 Å². The highest BCUT2D eigenvalue weighted by Gasteiger charge is 2.02. The van der Waals surface area contributed by atoms with Crippen molar-refractivity contribution >= 4 is 0 Å². The molecule has 0 spiro atoms. The van der Waals surface area contributed by atoms with Crippen molar-refractivity contribution in [2.45, 2.75) is 33.6 Å². The quantitative estimate of drug-likeness (QED) is 0.521.